The minimum absolute atomic E-state index is 0. The highest BCUT2D eigenvalue weighted by Gasteiger charge is 2.34. The summed E-state index contributed by atoms with van der Waals surface area (Å²) in [6.45, 7) is 1.41. The number of hydrogen-bond acceptors (Lipinski definition) is 4. The fourth-order valence-corrected chi connectivity index (χ4v) is 3.34. The lowest BCUT2D eigenvalue weighted by molar-refractivity contribution is -0.0339. The van der Waals surface area contributed by atoms with E-state index in [1.165, 1.54) is 0 Å². The van der Waals surface area contributed by atoms with E-state index in [4.69, 9.17) is 9.47 Å². The van der Waals surface area contributed by atoms with E-state index in [-0.39, 0.29) is 24.5 Å². The van der Waals surface area contributed by atoms with Crippen molar-refractivity contribution in [1.29, 1.82) is 0 Å². The lowest BCUT2D eigenvalue weighted by Crippen LogP contribution is -2.56. The number of halogens is 1. The molecule has 22 heavy (non-hydrogen) atoms. The Bertz CT molecular complexity index is 660. The maximum atomic E-state index is 12.4. The second kappa shape index (κ2) is 6.28. The molecule has 3 heterocycles. The van der Waals surface area contributed by atoms with Gasteiger partial charge in [-0.1, -0.05) is 18.2 Å². The molecule has 5 nitrogen and oxygen atoms in total. The topological polar surface area (TPSA) is 63.4 Å². The van der Waals surface area contributed by atoms with Crippen LogP contribution < -0.4 is 5.32 Å². The molecule has 0 aliphatic carbocycles. The number of aromatic amines is 1. The third-order valence-electron chi connectivity index (χ3n) is 4.29. The number of ether oxygens (including phenoxy) is 2. The van der Waals surface area contributed by atoms with Crippen LogP contribution in [0.3, 0.4) is 0 Å². The number of aromatic nitrogens is 1. The zero-order chi connectivity index (χ0) is 14.2. The van der Waals surface area contributed by atoms with Gasteiger partial charge in [0.2, 0.25) is 0 Å². The number of carbonyl (C=O) groups excluding carboxylic acids is 1. The van der Waals surface area contributed by atoms with Gasteiger partial charge in [0.25, 0.3) is 0 Å². The standard InChI is InChI=1S/C16H18N2O3.ClH/c19-16(14-7-17-15-4-2-1-3-13(14)15)21-12-5-10-8-20-9-11(6-12)18-10;/h1-4,7,10-12,17-18H,5-6,8-9H2;1H/t10-,11+,12-;. The monoisotopic (exact) mass is 322 g/mol. The fourth-order valence-electron chi connectivity index (χ4n) is 3.34. The molecule has 2 saturated heterocycles. The van der Waals surface area contributed by atoms with Gasteiger partial charge in [0.1, 0.15) is 6.10 Å². The SMILES string of the molecule is Cl.O=C(O[C@H]1C[C@H]2COC[C@@H](C1)N2)c1c[nH]c2ccccc12. The van der Waals surface area contributed by atoms with Crippen LogP contribution in [0.2, 0.25) is 0 Å². The Morgan fingerprint density at radius 3 is 2.68 bits per heavy atom. The van der Waals surface area contributed by atoms with Gasteiger partial charge >= 0.3 is 5.97 Å². The van der Waals surface area contributed by atoms with Crippen molar-refractivity contribution in [3.8, 4) is 0 Å². The summed E-state index contributed by atoms with van der Waals surface area (Å²) < 4.78 is 11.2. The Kier molecular flexibility index (Phi) is 4.38. The molecule has 1 aromatic heterocycles. The number of fused-ring (bicyclic) bond motifs is 3. The van der Waals surface area contributed by atoms with Gasteiger partial charge in [-0.3, -0.25) is 0 Å². The average Bonchev–Trinajstić information content (AvgIpc) is 2.91. The van der Waals surface area contributed by atoms with E-state index in [1.807, 2.05) is 24.3 Å². The molecule has 2 fully saturated rings. The molecule has 118 valence electrons. The van der Waals surface area contributed by atoms with Crippen molar-refractivity contribution in [2.75, 3.05) is 13.2 Å². The molecule has 0 saturated carbocycles. The molecule has 1 aromatic carbocycles. The number of para-hydroxylation sites is 1. The van der Waals surface area contributed by atoms with E-state index in [0.29, 0.717) is 30.9 Å². The maximum absolute atomic E-state index is 12.4. The number of morpholine rings is 1. The van der Waals surface area contributed by atoms with E-state index in [2.05, 4.69) is 10.3 Å². The molecule has 0 spiro atoms. The molecular weight excluding hydrogens is 304 g/mol. The van der Waals surface area contributed by atoms with Gasteiger partial charge in [0, 0.05) is 42.0 Å². The largest absolute Gasteiger partial charge is 0.459 e. The molecule has 2 bridgehead atoms. The molecule has 6 heteroatoms. The van der Waals surface area contributed by atoms with Crippen molar-refractivity contribution in [2.45, 2.75) is 31.0 Å². The quantitative estimate of drug-likeness (QED) is 0.833. The molecule has 0 amide bonds. The van der Waals surface area contributed by atoms with Gasteiger partial charge in [-0.15, -0.1) is 12.4 Å². The minimum Gasteiger partial charge on any atom is -0.459 e. The van der Waals surface area contributed by atoms with E-state index >= 15 is 0 Å². The Balaban J connectivity index is 0.00000144. The summed E-state index contributed by atoms with van der Waals surface area (Å²) in [5.74, 6) is -0.238. The summed E-state index contributed by atoms with van der Waals surface area (Å²) in [7, 11) is 0. The zero-order valence-electron chi connectivity index (χ0n) is 12.1. The third kappa shape index (κ3) is 2.84. The van der Waals surface area contributed by atoms with E-state index in [9.17, 15) is 4.79 Å². The van der Waals surface area contributed by atoms with Crippen LogP contribution in [0.15, 0.2) is 30.5 Å². The van der Waals surface area contributed by atoms with Crippen LogP contribution in [-0.4, -0.2) is 42.4 Å². The van der Waals surface area contributed by atoms with Crippen LogP contribution in [0.5, 0.6) is 0 Å². The summed E-state index contributed by atoms with van der Waals surface area (Å²) in [5.41, 5.74) is 1.57. The number of hydrogen-bond donors (Lipinski definition) is 2. The second-order valence-corrected chi connectivity index (χ2v) is 5.84. The number of piperidine rings is 1. The van der Waals surface area contributed by atoms with Gasteiger partial charge < -0.3 is 19.8 Å². The Morgan fingerprint density at radius 2 is 1.91 bits per heavy atom. The van der Waals surface area contributed by atoms with Gasteiger partial charge in [-0.05, 0) is 6.07 Å². The number of benzene rings is 1. The Hall–Kier alpha value is -1.56. The first-order chi connectivity index (χ1) is 10.3. The summed E-state index contributed by atoms with van der Waals surface area (Å²) in [6, 6.07) is 8.38. The molecule has 2 aliphatic rings. The van der Waals surface area contributed by atoms with Gasteiger partial charge in [-0.2, -0.15) is 0 Å². The fraction of sp³-hybridized carbons (Fsp3) is 0.438. The molecular formula is C16H19ClN2O3. The highest BCUT2D eigenvalue weighted by Crippen LogP contribution is 2.24. The minimum atomic E-state index is -0.238. The zero-order valence-corrected chi connectivity index (χ0v) is 12.9. The molecule has 4 rings (SSSR count). The lowest BCUT2D eigenvalue weighted by atomic mass is 9.94. The maximum Gasteiger partial charge on any atom is 0.340 e. The van der Waals surface area contributed by atoms with E-state index < -0.39 is 0 Å². The summed E-state index contributed by atoms with van der Waals surface area (Å²) in [5, 5.41) is 4.41. The van der Waals surface area contributed by atoms with Gasteiger partial charge in [-0.25, -0.2) is 4.79 Å². The first-order valence-electron chi connectivity index (χ1n) is 7.40. The smallest absolute Gasteiger partial charge is 0.340 e. The van der Waals surface area contributed by atoms with Crippen LogP contribution in [0, 0.1) is 0 Å². The van der Waals surface area contributed by atoms with E-state index in [1.54, 1.807) is 6.20 Å². The van der Waals surface area contributed by atoms with Crippen molar-refractivity contribution in [3.63, 3.8) is 0 Å². The van der Waals surface area contributed by atoms with Crippen LogP contribution in [-0.2, 0) is 9.47 Å². The first-order valence-corrected chi connectivity index (χ1v) is 7.40. The Labute approximate surface area is 134 Å². The lowest BCUT2D eigenvalue weighted by Gasteiger charge is -2.39. The normalized spacial score (nSPS) is 27.2. The predicted octanol–water partition coefficient (Wildman–Crippen LogP) is 2.27. The van der Waals surface area contributed by atoms with Crippen molar-refractivity contribution < 1.29 is 14.3 Å². The summed E-state index contributed by atoms with van der Waals surface area (Å²) in [4.78, 5) is 15.5. The summed E-state index contributed by atoms with van der Waals surface area (Å²) >= 11 is 0. The van der Waals surface area contributed by atoms with Crippen LogP contribution in [0.1, 0.15) is 23.2 Å². The molecule has 0 unspecified atom stereocenters. The Morgan fingerprint density at radius 1 is 1.18 bits per heavy atom. The molecule has 0 radical (unpaired) electrons. The second-order valence-electron chi connectivity index (χ2n) is 5.84. The summed E-state index contributed by atoms with van der Waals surface area (Å²) in [6.07, 6.45) is 3.36. The van der Waals surface area contributed by atoms with Gasteiger partial charge in [0.15, 0.2) is 0 Å². The predicted molar refractivity (Wildman–Crippen MR) is 85.5 cm³/mol. The highest BCUT2D eigenvalue weighted by molar-refractivity contribution is 6.04. The number of carbonyl (C=O) groups is 1. The molecule has 2 N–H and O–H groups in total. The van der Waals surface area contributed by atoms with Gasteiger partial charge in [0.05, 0.1) is 18.8 Å². The highest BCUT2D eigenvalue weighted by atomic mass is 35.5. The van der Waals surface area contributed by atoms with Crippen LogP contribution >= 0.6 is 12.4 Å². The molecule has 2 aliphatic heterocycles. The number of H-pyrrole nitrogens is 1. The van der Waals surface area contributed by atoms with Crippen molar-refractivity contribution in [2.24, 2.45) is 0 Å². The average molecular weight is 323 g/mol. The number of esters is 1. The van der Waals surface area contributed by atoms with Crippen molar-refractivity contribution in [1.82, 2.24) is 10.3 Å². The van der Waals surface area contributed by atoms with Crippen LogP contribution in [0.25, 0.3) is 10.9 Å². The number of rotatable bonds is 2. The number of nitrogens with one attached hydrogen (secondary N) is 2. The molecule has 2 aromatic rings. The van der Waals surface area contributed by atoms with Crippen molar-refractivity contribution in [3.05, 3.63) is 36.0 Å². The van der Waals surface area contributed by atoms with Crippen LogP contribution in [0.4, 0.5) is 0 Å². The van der Waals surface area contributed by atoms with E-state index in [0.717, 1.165) is 23.7 Å². The van der Waals surface area contributed by atoms with Crippen molar-refractivity contribution >= 4 is 29.3 Å². The first kappa shape index (κ1) is 15.3. The molecule has 3 atom stereocenters. The third-order valence-corrected chi connectivity index (χ3v) is 4.29.